The van der Waals surface area contributed by atoms with Gasteiger partial charge in [0.15, 0.2) is 0 Å². The summed E-state index contributed by atoms with van der Waals surface area (Å²) in [4.78, 5) is 26.1. The lowest BCUT2D eigenvalue weighted by Gasteiger charge is -2.16. The van der Waals surface area contributed by atoms with E-state index in [0.29, 0.717) is 25.1 Å². The van der Waals surface area contributed by atoms with Crippen molar-refractivity contribution >= 4 is 22.9 Å². The molecule has 8 heteroatoms. The lowest BCUT2D eigenvalue weighted by Crippen LogP contribution is -2.25. The molecule has 8 nitrogen and oxygen atoms in total. The second kappa shape index (κ2) is 6.80. The molecule has 1 aromatic carbocycles. The molecule has 1 saturated heterocycles. The van der Waals surface area contributed by atoms with Crippen molar-refractivity contribution in [2.24, 2.45) is 7.05 Å². The third kappa shape index (κ3) is 3.15. The molecule has 1 atom stereocenters. The van der Waals surface area contributed by atoms with Gasteiger partial charge in [-0.25, -0.2) is 9.97 Å². The van der Waals surface area contributed by atoms with Gasteiger partial charge in [0, 0.05) is 50.6 Å². The quantitative estimate of drug-likeness (QED) is 0.631. The number of aryl methyl sites for hydroxylation is 1. The number of hydrogen-bond acceptors (Lipinski definition) is 5. The number of hydrogen-bond donors (Lipinski definition) is 3. The number of anilines is 1. The number of benzene rings is 1. The van der Waals surface area contributed by atoms with Gasteiger partial charge < -0.3 is 24.9 Å². The molecule has 0 aliphatic carbocycles. The molecule has 3 aromatic rings. The van der Waals surface area contributed by atoms with E-state index in [2.05, 4.69) is 25.2 Å². The zero-order valence-electron chi connectivity index (χ0n) is 14.6. The summed E-state index contributed by atoms with van der Waals surface area (Å²) >= 11 is 0. The van der Waals surface area contributed by atoms with E-state index in [-0.39, 0.29) is 12.0 Å². The fourth-order valence-electron chi connectivity index (χ4n) is 3.37. The van der Waals surface area contributed by atoms with Gasteiger partial charge in [-0.1, -0.05) is 0 Å². The second-order valence-corrected chi connectivity index (χ2v) is 6.65. The zero-order chi connectivity index (χ0) is 18.1. The summed E-state index contributed by atoms with van der Waals surface area (Å²) in [5, 5.41) is 12.7. The van der Waals surface area contributed by atoms with Crippen LogP contribution in [0.2, 0.25) is 0 Å². The molecule has 1 amide bonds. The number of nitrogens with one attached hydrogen (secondary N) is 2. The third-order valence-electron chi connectivity index (χ3n) is 4.80. The predicted octanol–water partition coefficient (Wildman–Crippen LogP) is 0.840. The van der Waals surface area contributed by atoms with Gasteiger partial charge in [0.2, 0.25) is 5.95 Å². The van der Waals surface area contributed by atoms with E-state index in [1.807, 2.05) is 29.8 Å². The average molecular weight is 354 g/mol. The Labute approximate surface area is 150 Å². The Bertz CT molecular complexity index is 917. The molecule has 1 aliphatic rings. The van der Waals surface area contributed by atoms with Crippen LogP contribution in [0.1, 0.15) is 22.5 Å². The highest BCUT2D eigenvalue weighted by atomic mass is 16.3. The molecule has 2 aromatic heterocycles. The molecule has 4 rings (SSSR count). The largest absolute Gasteiger partial charge is 0.391 e. The molecule has 0 spiro atoms. The number of rotatable bonds is 5. The van der Waals surface area contributed by atoms with Crippen LogP contribution in [0.3, 0.4) is 0 Å². The van der Waals surface area contributed by atoms with Gasteiger partial charge >= 0.3 is 0 Å². The van der Waals surface area contributed by atoms with Gasteiger partial charge in [-0.05, 0) is 24.6 Å². The van der Waals surface area contributed by atoms with Crippen molar-refractivity contribution in [3.63, 3.8) is 0 Å². The minimum Gasteiger partial charge on any atom is -0.391 e. The molecule has 3 heterocycles. The van der Waals surface area contributed by atoms with Gasteiger partial charge in [-0.15, -0.1) is 0 Å². The summed E-state index contributed by atoms with van der Waals surface area (Å²) in [7, 11) is 1.96. The molecule has 0 unspecified atom stereocenters. The monoisotopic (exact) mass is 354 g/mol. The minimum absolute atomic E-state index is 0.116. The number of β-amino-alcohol motifs (C(OH)–C–C–N with tert-alkyl or cyclic N) is 1. The van der Waals surface area contributed by atoms with Crippen LogP contribution in [-0.4, -0.2) is 56.3 Å². The first-order valence-electron chi connectivity index (χ1n) is 8.77. The van der Waals surface area contributed by atoms with E-state index in [9.17, 15) is 9.90 Å². The van der Waals surface area contributed by atoms with Crippen molar-refractivity contribution in [2.75, 3.05) is 24.5 Å². The smallest absolute Gasteiger partial charge is 0.251 e. The van der Waals surface area contributed by atoms with Crippen LogP contribution in [0.15, 0.2) is 30.7 Å². The number of carbonyl (C=O) groups is 1. The number of aliphatic hydroxyl groups excluding tert-OH is 1. The predicted molar refractivity (Wildman–Crippen MR) is 98.2 cm³/mol. The number of fused-ring (bicyclic) bond motifs is 1. The normalized spacial score (nSPS) is 17.2. The van der Waals surface area contributed by atoms with Gasteiger partial charge in [-0.3, -0.25) is 4.79 Å². The summed E-state index contributed by atoms with van der Waals surface area (Å²) in [5.41, 5.74) is 3.33. The fourth-order valence-corrected chi connectivity index (χ4v) is 3.37. The molecule has 0 bridgehead atoms. The number of nitrogens with zero attached hydrogens (tertiary/aromatic N) is 4. The van der Waals surface area contributed by atoms with Crippen molar-refractivity contribution in [1.82, 2.24) is 24.8 Å². The Morgan fingerprint density at radius 2 is 2.35 bits per heavy atom. The van der Waals surface area contributed by atoms with Crippen LogP contribution < -0.4 is 10.2 Å². The topological polar surface area (TPSA) is 99.1 Å². The van der Waals surface area contributed by atoms with Crippen LogP contribution in [0.25, 0.3) is 11.0 Å². The molecule has 136 valence electrons. The number of aromatic nitrogens is 4. The molecule has 0 saturated carbocycles. The number of imidazole rings is 2. The first kappa shape index (κ1) is 16.6. The van der Waals surface area contributed by atoms with Gasteiger partial charge in [0.25, 0.3) is 5.91 Å². The number of carbonyl (C=O) groups excluding carboxylic acids is 1. The lowest BCUT2D eigenvalue weighted by atomic mass is 10.2. The molecular formula is C18H22N6O2. The number of H-pyrrole nitrogens is 1. The maximum absolute atomic E-state index is 12.4. The van der Waals surface area contributed by atoms with Gasteiger partial charge in [-0.2, -0.15) is 0 Å². The number of amides is 1. The maximum atomic E-state index is 12.4. The third-order valence-corrected chi connectivity index (χ3v) is 4.80. The van der Waals surface area contributed by atoms with E-state index < -0.39 is 0 Å². The Hall–Kier alpha value is -2.87. The second-order valence-electron chi connectivity index (χ2n) is 6.65. The highest BCUT2D eigenvalue weighted by Crippen LogP contribution is 2.25. The van der Waals surface area contributed by atoms with Crippen molar-refractivity contribution in [2.45, 2.75) is 18.9 Å². The van der Waals surface area contributed by atoms with E-state index in [1.165, 1.54) is 0 Å². The average Bonchev–Trinajstić information content (AvgIpc) is 3.36. The van der Waals surface area contributed by atoms with Crippen molar-refractivity contribution in [3.8, 4) is 0 Å². The molecule has 1 fully saturated rings. The van der Waals surface area contributed by atoms with Crippen LogP contribution in [0.4, 0.5) is 5.95 Å². The van der Waals surface area contributed by atoms with Crippen LogP contribution in [0.5, 0.6) is 0 Å². The first-order chi connectivity index (χ1) is 12.6. The van der Waals surface area contributed by atoms with Gasteiger partial charge in [0.05, 0.1) is 23.5 Å². The van der Waals surface area contributed by atoms with Crippen LogP contribution >= 0.6 is 0 Å². The standard InChI is InChI=1S/C18H22N6O2/c1-23-16-3-2-12(17(26)20-6-4-13-9-19-11-21-13)8-15(16)22-18(23)24-7-5-14(25)10-24/h2-3,8-9,11,14,25H,4-7,10H2,1H3,(H,19,21)(H,20,26)/t14-/m0/s1. The summed E-state index contributed by atoms with van der Waals surface area (Å²) in [6.07, 6.45) is 4.55. The Morgan fingerprint density at radius 1 is 1.46 bits per heavy atom. The van der Waals surface area contributed by atoms with Crippen molar-refractivity contribution in [3.05, 3.63) is 42.0 Å². The summed E-state index contributed by atoms with van der Waals surface area (Å²) in [6, 6.07) is 5.55. The van der Waals surface area contributed by atoms with Crippen molar-refractivity contribution < 1.29 is 9.90 Å². The minimum atomic E-state index is -0.300. The molecule has 26 heavy (non-hydrogen) atoms. The van der Waals surface area contributed by atoms with E-state index in [4.69, 9.17) is 0 Å². The van der Waals surface area contributed by atoms with Crippen molar-refractivity contribution in [1.29, 1.82) is 0 Å². The highest BCUT2D eigenvalue weighted by Gasteiger charge is 2.24. The molecule has 3 N–H and O–H groups in total. The van der Waals surface area contributed by atoms with E-state index in [1.54, 1.807) is 12.5 Å². The summed E-state index contributed by atoms with van der Waals surface area (Å²) < 4.78 is 2.01. The van der Waals surface area contributed by atoms with Crippen LogP contribution in [0, 0.1) is 0 Å². The Balaban J connectivity index is 1.49. The molecular weight excluding hydrogens is 332 g/mol. The summed E-state index contributed by atoms with van der Waals surface area (Å²) in [5.74, 6) is 0.712. The zero-order valence-corrected chi connectivity index (χ0v) is 14.6. The molecule has 0 radical (unpaired) electrons. The highest BCUT2D eigenvalue weighted by molar-refractivity contribution is 5.97. The first-order valence-corrected chi connectivity index (χ1v) is 8.77. The van der Waals surface area contributed by atoms with E-state index in [0.717, 1.165) is 35.6 Å². The number of aliphatic hydroxyl groups is 1. The molecule has 1 aliphatic heterocycles. The Kier molecular flexibility index (Phi) is 4.34. The Morgan fingerprint density at radius 3 is 3.08 bits per heavy atom. The summed E-state index contributed by atoms with van der Waals surface area (Å²) in [6.45, 7) is 1.93. The van der Waals surface area contributed by atoms with Crippen LogP contribution in [-0.2, 0) is 13.5 Å². The van der Waals surface area contributed by atoms with Gasteiger partial charge in [0.1, 0.15) is 0 Å². The lowest BCUT2D eigenvalue weighted by molar-refractivity contribution is 0.0954. The SMILES string of the molecule is Cn1c(N2CC[C@H](O)C2)nc2cc(C(=O)NCCc3cnc[nH]3)ccc21. The fraction of sp³-hybridized carbons (Fsp3) is 0.389. The number of aromatic amines is 1. The van der Waals surface area contributed by atoms with E-state index >= 15 is 0 Å². The maximum Gasteiger partial charge on any atom is 0.251 e.